The van der Waals surface area contributed by atoms with Crippen LogP contribution >= 0.6 is 15.9 Å². The molecule has 0 aliphatic carbocycles. The van der Waals surface area contributed by atoms with Crippen LogP contribution in [0.4, 0.5) is 4.39 Å². The predicted octanol–water partition coefficient (Wildman–Crippen LogP) is 2.86. The minimum atomic E-state index is -0.362. The summed E-state index contributed by atoms with van der Waals surface area (Å²) < 4.78 is 13.5. The molecule has 0 atom stereocenters. The zero-order chi connectivity index (χ0) is 8.43. The average Bonchev–Trinajstić information content (AvgIpc) is 1.85. The number of aromatic hydroxyl groups is 1. The van der Waals surface area contributed by atoms with Crippen molar-refractivity contribution in [2.45, 2.75) is 13.3 Å². The van der Waals surface area contributed by atoms with Crippen LogP contribution < -0.4 is 0 Å². The molecular formula is C8H8BrFO. The van der Waals surface area contributed by atoms with Crippen molar-refractivity contribution in [1.82, 2.24) is 0 Å². The van der Waals surface area contributed by atoms with E-state index in [0.29, 0.717) is 16.5 Å². The highest BCUT2D eigenvalue weighted by atomic mass is 79.9. The second-order valence-electron chi connectivity index (χ2n) is 2.24. The van der Waals surface area contributed by atoms with E-state index in [4.69, 9.17) is 0 Å². The molecule has 0 aromatic heterocycles. The van der Waals surface area contributed by atoms with Crippen molar-refractivity contribution in [2.24, 2.45) is 0 Å². The van der Waals surface area contributed by atoms with Crippen LogP contribution in [0.15, 0.2) is 16.6 Å². The second kappa shape index (κ2) is 3.22. The maximum absolute atomic E-state index is 12.9. The first-order chi connectivity index (χ1) is 5.15. The second-order valence-corrected chi connectivity index (χ2v) is 3.15. The van der Waals surface area contributed by atoms with E-state index in [1.54, 1.807) is 6.92 Å². The van der Waals surface area contributed by atoms with Gasteiger partial charge in [-0.2, -0.15) is 0 Å². The van der Waals surface area contributed by atoms with Gasteiger partial charge in [0.2, 0.25) is 0 Å². The highest BCUT2D eigenvalue weighted by Crippen LogP contribution is 2.25. The summed E-state index contributed by atoms with van der Waals surface area (Å²) in [4.78, 5) is 0. The minimum Gasteiger partial charge on any atom is -0.508 e. The van der Waals surface area contributed by atoms with E-state index >= 15 is 0 Å². The van der Waals surface area contributed by atoms with Gasteiger partial charge in [-0.3, -0.25) is 0 Å². The monoisotopic (exact) mass is 218 g/mol. The number of phenols is 1. The molecule has 1 N–H and O–H groups in total. The molecule has 1 nitrogen and oxygen atoms in total. The Labute approximate surface area is 73.0 Å². The third kappa shape index (κ3) is 1.71. The number of halogens is 2. The van der Waals surface area contributed by atoms with Gasteiger partial charge in [-0.05, 0) is 18.6 Å². The van der Waals surface area contributed by atoms with Crippen molar-refractivity contribution in [3.63, 3.8) is 0 Å². The normalized spacial score (nSPS) is 10.1. The van der Waals surface area contributed by atoms with Crippen molar-refractivity contribution >= 4 is 15.9 Å². The number of hydrogen-bond acceptors (Lipinski definition) is 1. The molecule has 0 saturated carbocycles. The third-order valence-electron chi connectivity index (χ3n) is 1.49. The molecule has 0 saturated heterocycles. The van der Waals surface area contributed by atoms with E-state index in [1.165, 1.54) is 12.1 Å². The van der Waals surface area contributed by atoms with Crippen LogP contribution in [0.5, 0.6) is 5.75 Å². The van der Waals surface area contributed by atoms with E-state index in [1.807, 2.05) is 0 Å². The Morgan fingerprint density at radius 1 is 1.55 bits per heavy atom. The Hall–Kier alpha value is -0.570. The summed E-state index contributed by atoms with van der Waals surface area (Å²) in [5.41, 5.74) is 0.369. The van der Waals surface area contributed by atoms with Crippen molar-refractivity contribution in [3.05, 3.63) is 28.0 Å². The molecule has 3 heteroatoms. The summed E-state index contributed by atoms with van der Waals surface area (Å²) >= 11 is 3.08. The van der Waals surface area contributed by atoms with E-state index < -0.39 is 0 Å². The lowest BCUT2D eigenvalue weighted by Gasteiger charge is -2.02. The average molecular weight is 219 g/mol. The summed E-state index contributed by atoms with van der Waals surface area (Å²) in [6.45, 7) is 1.80. The summed E-state index contributed by atoms with van der Waals surface area (Å²) in [6.07, 6.45) is 0.505. The maximum Gasteiger partial charge on any atom is 0.131 e. The lowest BCUT2D eigenvalue weighted by atomic mass is 10.1. The van der Waals surface area contributed by atoms with Gasteiger partial charge in [0.15, 0.2) is 0 Å². The highest BCUT2D eigenvalue weighted by molar-refractivity contribution is 9.10. The molecule has 0 aliphatic heterocycles. The van der Waals surface area contributed by atoms with Crippen LogP contribution in [0.3, 0.4) is 0 Å². The molecule has 0 unspecified atom stereocenters. The number of phenolic OH excluding ortho intramolecular Hbond substituents is 1. The summed E-state index contributed by atoms with van der Waals surface area (Å²) in [5.74, 6) is -0.348. The Bertz CT molecular complexity index is 250. The smallest absolute Gasteiger partial charge is 0.131 e. The van der Waals surface area contributed by atoms with Crippen LogP contribution in [0.2, 0.25) is 0 Å². The lowest BCUT2D eigenvalue weighted by molar-refractivity contribution is 0.459. The van der Waals surface area contributed by atoms with E-state index in [0.717, 1.165) is 0 Å². The van der Waals surface area contributed by atoms with Crippen LogP contribution in [0.25, 0.3) is 0 Å². The van der Waals surface area contributed by atoms with Crippen LogP contribution in [-0.2, 0) is 6.42 Å². The summed E-state index contributed by atoms with van der Waals surface area (Å²) in [5, 5.41) is 9.20. The topological polar surface area (TPSA) is 20.2 Å². The first kappa shape index (κ1) is 8.53. The van der Waals surface area contributed by atoms with E-state index in [2.05, 4.69) is 15.9 Å². The number of rotatable bonds is 1. The van der Waals surface area contributed by atoms with Gasteiger partial charge >= 0.3 is 0 Å². The molecule has 0 heterocycles. The molecule has 1 rings (SSSR count). The number of hydrogen-bond donors (Lipinski definition) is 1. The fourth-order valence-electron chi connectivity index (χ4n) is 0.940. The van der Waals surface area contributed by atoms with Crippen LogP contribution in [-0.4, -0.2) is 5.11 Å². The van der Waals surface area contributed by atoms with E-state index in [9.17, 15) is 9.50 Å². The SMILES string of the molecule is CCc1c(O)cc(Br)cc1F. The molecule has 0 aliphatic rings. The molecule has 0 amide bonds. The van der Waals surface area contributed by atoms with Crippen LogP contribution in [0.1, 0.15) is 12.5 Å². The van der Waals surface area contributed by atoms with Gasteiger partial charge in [-0.1, -0.05) is 22.9 Å². The van der Waals surface area contributed by atoms with Crippen molar-refractivity contribution in [2.75, 3.05) is 0 Å². The van der Waals surface area contributed by atoms with Gasteiger partial charge in [0.1, 0.15) is 11.6 Å². The van der Waals surface area contributed by atoms with Gasteiger partial charge in [0.25, 0.3) is 0 Å². The zero-order valence-corrected chi connectivity index (χ0v) is 7.65. The Balaban J connectivity index is 3.25. The molecule has 0 radical (unpaired) electrons. The van der Waals surface area contributed by atoms with Crippen molar-refractivity contribution in [3.8, 4) is 5.75 Å². The molecule has 0 fully saturated rings. The molecule has 60 valence electrons. The molecule has 0 spiro atoms. The quantitative estimate of drug-likeness (QED) is 0.769. The minimum absolute atomic E-state index is 0.0133. The third-order valence-corrected chi connectivity index (χ3v) is 1.95. The summed E-state index contributed by atoms with van der Waals surface area (Å²) in [6, 6.07) is 2.83. The van der Waals surface area contributed by atoms with Crippen molar-refractivity contribution in [1.29, 1.82) is 0 Å². The molecule has 0 bridgehead atoms. The Kier molecular flexibility index (Phi) is 2.49. The van der Waals surface area contributed by atoms with Gasteiger partial charge in [0.05, 0.1) is 0 Å². The van der Waals surface area contributed by atoms with Gasteiger partial charge in [-0.15, -0.1) is 0 Å². The standard InChI is InChI=1S/C8H8BrFO/c1-2-6-7(10)3-5(9)4-8(6)11/h3-4,11H,2H2,1H3. The lowest BCUT2D eigenvalue weighted by Crippen LogP contribution is -1.87. The largest absolute Gasteiger partial charge is 0.508 e. The first-order valence-corrected chi connectivity index (χ1v) is 4.11. The van der Waals surface area contributed by atoms with Gasteiger partial charge in [0, 0.05) is 10.0 Å². The first-order valence-electron chi connectivity index (χ1n) is 3.32. The van der Waals surface area contributed by atoms with Crippen LogP contribution in [0, 0.1) is 5.82 Å². The zero-order valence-electron chi connectivity index (χ0n) is 6.06. The Morgan fingerprint density at radius 2 is 2.18 bits per heavy atom. The van der Waals surface area contributed by atoms with Crippen molar-refractivity contribution < 1.29 is 9.50 Å². The molecular weight excluding hydrogens is 211 g/mol. The highest BCUT2D eigenvalue weighted by Gasteiger charge is 2.06. The Morgan fingerprint density at radius 3 is 2.64 bits per heavy atom. The fourth-order valence-corrected chi connectivity index (χ4v) is 1.36. The maximum atomic E-state index is 12.9. The fraction of sp³-hybridized carbons (Fsp3) is 0.250. The molecule has 1 aromatic carbocycles. The van der Waals surface area contributed by atoms with E-state index in [-0.39, 0.29) is 11.6 Å². The molecule has 1 aromatic rings. The molecule has 11 heavy (non-hydrogen) atoms. The summed E-state index contributed by atoms with van der Waals surface area (Å²) in [7, 11) is 0. The number of benzene rings is 1. The predicted molar refractivity (Wildman–Crippen MR) is 45.1 cm³/mol. The van der Waals surface area contributed by atoms with Gasteiger partial charge < -0.3 is 5.11 Å². The van der Waals surface area contributed by atoms with Gasteiger partial charge in [-0.25, -0.2) is 4.39 Å².